The lowest BCUT2D eigenvalue weighted by atomic mass is 10.2. The van der Waals surface area contributed by atoms with Gasteiger partial charge in [0.15, 0.2) is 0 Å². The molecular formula is C14H19FN2O2. The third kappa shape index (κ3) is 3.64. The average molecular weight is 266 g/mol. The molecule has 2 fully saturated rings. The minimum absolute atomic E-state index is 0.149. The van der Waals surface area contributed by atoms with Crippen molar-refractivity contribution in [2.45, 2.75) is 44.4 Å². The molecule has 1 aliphatic heterocycles. The number of rotatable bonds is 6. The number of pyridine rings is 1. The average Bonchev–Trinajstić information content (AvgIpc) is 3.10. The summed E-state index contributed by atoms with van der Waals surface area (Å²) in [6.07, 6.45) is 5.86. The zero-order valence-electron chi connectivity index (χ0n) is 10.9. The Morgan fingerprint density at radius 1 is 1.42 bits per heavy atom. The van der Waals surface area contributed by atoms with Crippen molar-refractivity contribution < 1.29 is 13.9 Å². The van der Waals surface area contributed by atoms with Crippen molar-refractivity contribution >= 4 is 0 Å². The molecule has 0 bridgehead atoms. The van der Waals surface area contributed by atoms with Crippen LogP contribution >= 0.6 is 0 Å². The largest absolute Gasteiger partial charge is 0.475 e. The Balaban J connectivity index is 1.60. The van der Waals surface area contributed by atoms with E-state index < -0.39 is 0 Å². The first-order valence-electron chi connectivity index (χ1n) is 6.93. The molecule has 1 aliphatic carbocycles. The highest BCUT2D eigenvalue weighted by Gasteiger charge is 2.22. The first kappa shape index (κ1) is 12.8. The Kier molecular flexibility index (Phi) is 3.94. The highest BCUT2D eigenvalue weighted by Crippen LogP contribution is 2.22. The number of aromatic nitrogens is 1. The molecule has 1 N–H and O–H groups in total. The van der Waals surface area contributed by atoms with E-state index in [9.17, 15) is 4.39 Å². The summed E-state index contributed by atoms with van der Waals surface area (Å²) in [5.41, 5.74) is 0.782. The summed E-state index contributed by atoms with van der Waals surface area (Å²) in [6, 6.07) is 2.07. The highest BCUT2D eigenvalue weighted by molar-refractivity contribution is 5.26. The molecule has 0 aromatic carbocycles. The van der Waals surface area contributed by atoms with Crippen molar-refractivity contribution in [1.29, 1.82) is 0 Å². The van der Waals surface area contributed by atoms with Crippen molar-refractivity contribution in [2.24, 2.45) is 0 Å². The van der Waals surface area contributed by atoms with Crippen LogP contribution in [0.25, 0.3) is 0 Å². The van der Waals surface area contributed by atoms with Gasteiger partial charge in [-0.1, -0.05) is 0 Å². The third-order valence-electron chi connectivity index (χ3n) is 3.48. The van der Waals surface area contributed by atoms with Gasteiger partial charge in [-0.3, -0.25) is 0 Å². The first-order valence-corrected chi connectivity index (χ1v) is 6.93. The summed E-state index contributed by atoms with van der Waals surface area (Å²) >= 11 is 0. The fraction of sp³-hybridized carbons (Fsp3) is 0.643. The molecule has 2 aliphatic rings. The Hall–Kier alpha value is -1.20. The minimum Gasteiger partial charge on any atom is -0.475 e. The Morgan fingerprint density at radius 2 is 2.32 bits per heavy atom. The standard InChI is InChI=1S/C14H19FN2O2/c15-11-6-10(7-16-12-3-4-12)14(17-8-11)19-9-13-2-1-5-18-13/h6,8,12-13,16H,1-5,7,9H2. The van der Waals surface area contributed by atoms with E-state index in [2.05, 4.69) is 10.3 Å². The molecule has 4 nitrogen and oxygen atoms in total. The predicted octanol–water partition coefficient (Wildman–Crippen LogP) is 2.03. The van der Waals surface area contributed by atoms with Crippen LogP contribution in [0.3, 0.4) is 0 Å². The van der Waals surface area contributed by atoms with Gasteiger partial charge in [0.1, 0.15) is 12.4 Å². The summed E-state index contributed by atoms with van der Waals surface area (Å²) in [6.45, 7) is 1.91. The lowest BCUT2D eigenvalue weighted by Crippen LogP contribution is -2.20. The molecule has 5 heteroatoms. The maximum atomic E-state index is 13.3. The van der Waals surface area contributed by atoms with Gasteiger partial charge in [-0.15, -0.1) is 0 Å². The Bertz CT molecular complexity index is 431. The van der Waals surface area contributed by atoms with Crippen LogP contribution in [0.2, 0.25) is 0 Å². The smallest absolute Gasteiger partial charge is 0.218 e. The second kappa shape index (κ2) is 5.84. The van der Waals surface area contributed by atoms with Crippen LogP contribution in [0.15, 0.2) is 12.3 Å². The molecule has 1 saturated carbocycles. The second-order valence-corrected chi connectivity index (χ2v) is 5.22. The normalized spacial score (nSPS) is 22.7. The third-order valence-corrected chi connectivity index (χ3v) is 3.48. The quantitative estimate of drug-likeness (QED) is 0.855. The van der Waals surface area contributed by atoms with Crippen LogP contribution < -0.4 is 10.1 Å². The van der Waals surface area contributed by atoms with E-state index in [-0.39, 0.29) is 11.9 Å². The van der Waals surface area contributed by atoms with Crippen LogP contribution in [0.4, 0.5) is 4.39 Å². The minimum atomic E-state index is -0.322. The van der Waals surface area contributed by atoms with Gasteiger partial charge in [0, 0.05) is 24.8 Å². The molecule has 1 aromatic rings. The van der Waals surface area contributed by atoms with Gasteiger partial charge in [-0.25, -0.2) is 9.37 Å². The van der Waals surface area contributed by atoms with Crippen LogP contribution in [0.5, 0.6) is 5.88 Å². The van der Waals surface area contributed by atoms with Gasteiger partial charge in [0.25, 0.3) is 0 Å². The first-order chi connectivity index (χ1) is 9.31. The van der Waals surface area contributed by atoms with E-state index in [0.717, 1.165) is 25.0 Å². The molecule has 1 aromatic heterocycles. The molecule has 1 saturated heterocycles. The SMILES string of the molecule is Fc1cnc(OCC2CCCO2)c(CNC2CC2)c1. The van der Waals surface area contributed by atoms with Crippen LogP contribution in [-0.4, -0.2) is 30.3 Å². The molecule has 0 spiro atoms. The van der Waals surface area contributed by atoms with Gasteiger partial charge >= 0.3 is 0 Å². The van der Waals surface area contributed by atoms with Gasteiger partial charge in [-0.05, 0) is 31.7 Å². The van der Waals surface area contributed by atoms with Crippen molar-refractivity contribution in [3.05, 3.63) is 23.6 Å². The lowest BCUT2D eigenvalue weighted by molar-refractivity contribution is 0.0658. The van der Waals surface area contributed by atoms with E-state index in [0.29, 0.717) is 25.1 Å². The summed E-state index contributed by atoms with van der Waals surface area (Å²) in [5.74, 6) is 0.196. The zero-order chi connectivity index (χ0) is 13.1. The van der Waals surface area contributed by atoms with Gasteiger partial charge in [0.05, 0.1) is 12.3 Å². The monoisotopic (exact) mass is 266 g/mol. The molecule has 19 heavy (non-hydrogen) atoms. The molecular weight excluding hydrogens is 247 g/mol. The maximum Gasteiger partial charge on any atom is 0.218 e. The lowest BCUT2D eigenvalue weighted by Gasteiger charge is -2.14. The maximum absolute atomic E-state index is 13.3. The van der Waals surface area contributed by atoms with Gasteiger partial charge in [0.2, 0.25) is 5.88 Å². The summed E-state index contributed by atoms with van der Waals surface area (Å²) in [7, 11) is 0. The Morgan fingerprint density at radius 3 is 3.05 bits per heavy atom. The molecule has 1 unspecified atom stereocenters. The number of ether oxygens (including phenoxy) is 2. The highest BCUT2D eigenvalue weighted by atomic mass is 19.1. The van der Waals surface area contributed by atoms with Crippen molar-refractivity contribution in [3.63, 3.8) is 0 Å². The molecule has 0 radical (unpaired) electrons. The van der Waals surface area contributed by atoms with E-state index in [1.165, 1.54) is 25.1 Å². The molecule has 2 heterocycles. The van der Waals surface area contributed by atoms with Crippen molar-refractivity contribution in [3.8, 4) is 5.88 Å². The van der Waals surface area contributed by atoms with E-state index in [4.69, 9.17) is 9.47 Å². The zero-order valence-corrected chi connectivity index (χ0v) is 10.9. The molecule has 0 amide bonds. The van der Waals surface area contributed by atoms with E-state index in [1.54, 1.807) is 0 Å². The summed E-state index contributed by atoms with van der Waals surface area (Å²) < 4.78 is 24.4. The summed E-state index contributed by atoms with van der Waals surface area (Å²) in [5, 5.41) is 3.35. The van der Waals surface area contributed by atoms with Gasteiger partial charge < -0.3 is 14.8 Å². The molecule has 3 rings (SSSR count). The number of hydrogen-bond acceptors (Lipinski definition) is 4. The molecule has 1 atom stereocenters. The van der Waals surface area contributed by atoms with E-state index >= 15 is 0 Å². The van der Waals surface area contributed by atoms with Crippen LogP contribution in [0.1, 0.15) is 31.2 Å². The number of halogens is 1. The second-order valence-electron chi connectivity index (χ2n) is 5.22. The summed E-state index contributed by atoms with van der Waals surface area (Å²) in [4.78, 5) is 4.04. The fourth-order valence-electron chi connectivity index (χ4n) is 2.21. The topological polar surface area (TPSA) is 43.4 Å². The van der Waals surface area contributed by atoms with Crippen molar-refractivity contribution in [2.75, 3.05) is 13.2 Å². The Labute approximate surface area is 112 Å². The number of nitrogens with zero attached hydrogens (tertiary/aromatic N) is 1. The molecule has 104 valence electrons. The van der Waals surface area contributed by atoms with E-state index in [1.807, 2.05) is 0 Å². The van der Waals surface area contributed by atoms with Gasteiger partial charge in [-0.2, -0.15) is 0 Å². The number of hydrogen-bond donors (Lipinski definition) is 1. The van der Waals surface area contributed by atoms with Crippen LogP contribution in [-0.2, 0) is 11.3 Å². The fourth-order valence-corrected chi connectivity index (χ4v) is 2.21. The number of nitrogens with one attached hydrogen (secondary N) is 1. The predicted molar refractivity (Wildman–Crippen MR) is 68.5 cm³/mol. The van der Waals surface area contributed by atoms with Crippen molar-refractivity contribution in [1.82, 2.24) is 10.3 Å². The van der Waals surface area contributed by atoms with Crippen LogP contribution in [0, 0.1) is 5.82 Å².